The second-order valence-corrected chi connectivity index (χ2v) is 5.49. The van der Waals surface area contributed by atoms with Crippen LogP contribution in [-0.4, -0.2) is 13.2 Å². The van der Waals surface area contributed by atoms with E-state index in [0.29, 0.717) is 12.5 Å². The lowest BCUT2D eigenvalue weighted by molar-refractivity contribution is 0.0247. The highest BCUT2D eigenvalue weighted by molar-refractivity contribution is 6.31. The van der Waals surface area contributed by atoms with E-state index in [1.54, 1.807) is 0 Å². The Kier molecular flexibility index (Phi) is 5.48. The highest BCUT2D eigenvalue weighted by atomic mass is 35.5. The van der Waals surface area contributed by atoms with E-state index in [1.165, 1.54) is 32.1 Å². The van der Waals surface area contributed by atoms with Crippen molar-refractivity contribution in [2.45, 2.75) is 38.2 Å². The molecule has 1 aromatic carbocycles. The molecule has 0 bridgehead atoms. The van der Waals surface area contributed by atoms with E-state index in [-0.39, 0.29) is 6.10 Å². The Labute approximate surface area is 114 Å². The van der Waals surface area contributed by atoms with E-state index in [4.69, 9.17) is 22.1 Å². The first-order chi connectivity index (χ1) is 8.81. The van der Waals surface area contributed by atoms with Gasteiger partial charge in [-0.3, -0.25) is 0 Å². The number of rotatable bonds is 5. The summed E-state index contributed by atoms with van der Waals surface area (Å²) in [7, 11) is 0. The van der Waals surface area contributed by atoms with Crippen molar-refractivity contribution in [1.82, 2.24) is 0 Å². The normalized spacial score (nSPS) is 18.8. The van der Waals surface area contributed by atoms with Crippen LogP contribution in [0.2, 0.25) is 5.02 Å². The van der Waals surface area contributed by atoms with Crippen molar-refractivity contribution < 1.29 is 4.74 Å². The molecule has 0 heterocycles. The molecular weight excluding hydrogens is 246 g/mol. The van der Waals surface area contributed by atoms with Crippen LogP contribution in [0.3, 0.4) is 0 Å². The Morgan fingerprint density at radius 3 is 2.61 bits per heavy atom. The van der Waals surface area contributed by atoms with E-state index >= 15 is 0 Å². The van der Waals surface area contributed by atoms with Gasteiger partial charge in [0, 0.05) is 17.1 Å². The maximum Gasteiger partial charge on any atom is 0.0961 e. The van der Waals surface area contributed by atoms with Gasteiger partial charge in [0.2, 0.25) is 0 Å². The number of hydrogen-bond acceptors (Lipinski definition) is 2. The first kappa shape index (κ1) is 13.9. The van der Waals surface area contributed by atoms with Crippen molar-refractivity contribution in [2.24, 2.45) is 11.7 Å². The molecule has 1 aliphatic rings. The highest BCUT2D eigenvalue weighted by Crippen LogP contribution is 2.28. The van der Waals surface area contributed by atoms with Crippen LogP contribution in [0.15, 0.2) is 24.3 Å². The van der Waals surface area contributed by atoms with Crippen molar-refractivity contribution in [2.75, 3.05) is 13.2 Å². The third-order valence-electron chi connectivity index (χ3n) is 3.72. The molecule has 100 valence electrons. The van der Waals surface area contributed by atoms with Gasteiger partial charge in [-0.2, -0.15) is 0 Å². The zero-order valence-electron chi connectivity index (χ0n) is 10.8. The molecule has 0 aromatic heterocycles. The summed E-state index contributed by atoms with van der Waals surface area (Å²) in [5.74, 6) is 0.704. The van der Waals surface area contributed by atoms with Gasteiger partial charge in [-0.25, -0.2) is 0 Å². The topological polar surface area (TPSA) is 35.2 Å². The molecule has 2 nitrogen and oxygen atoms in total. The average molecular weight is 268 g/mol. The SMILES string of the molecule is NCC(OCC1CCCCC1)c1ccccc1Cl. The van der Waals surface area contributed by atoms with Crippen molar-refractivity contribution in [3.8, 4) is 0 Å². The average Bonchev–Trinajstić information content (AvgIpc) is 2.42. The number of benzene rings is 1. The first-order valence-electron chi connectivity index (χ1n) is 6.87. The first-order valence-corrected chi connectivity index (χ1v) is 7.25. The summed E-state index contributed by atoms with van der Waals surface area (Å²) in [5.41, 5.74) is 6.82. The Balaban J connectivity index is 1.91. The Morgan fingerprint density at radius 2 is 1.94 bits per heavy atom. The van der Waals surface area contributed by atoms with Gasteiger partial charge >= 0.3 is 0 Å². The molecule has 2 rings (SSSR count). The lowest BCUT2D eigenvalue weighted by Gasteiger charge is -2.25. The van der Waals surface area contributed by atoms with E-state index in [1.807, 2.05) is 24.3 Å². The van der Waals surface area contributed by atoms with Crippen molar-refractivity contribution in [3.05, 3.63) is 34.9 Å². The van der Waals surface area contributed by atoms with Gasteiger partial charge in [-0.15, -0.1) is 0 Å². The fourth-order valence-electron chi connectivity index (χ4n) is 2.63. The summed E-state index contributed by atoms with van der Waals surface area (Å²) in [6, 6.07) is 7.80. The lowest BCUT2D eigenvalue weighted by Crippen LogP contribution is -2.21. The minimum atomic E-state index is -0.0689. The summed E-state index contributed by atoms with van der Waals surface area (Å²) < 4.78 is 5.99. The van der Waals surface area contributed by atoms with E-state index in [9.17, 15) is 0 Å². The van der Waals surface area contributed by atoms with E-state index in [0.717, 1.165) is 17.2 Å². The van der Waals surface area contributed by atoms with Gasteiger partial charge in [0.1, 0.15) is 0 Å². The molecule has 0 aliphatic heterocycles. The molecule has 1 fully saturated rings. The Bertz CT molecular complexity index is 363. The third-order valence-corrected chi connectivity index (χ3v) is 4.07. The van der Waals surface area contributed by atoms with Gasteiger partial charge in [-0.1, -0.05) is 49.1 Å². The zero-order valence-corrected chi connectivity index (χ0v) is 11.5. The van der Waals surface area contributed by atoms with Crippen LogP contribution in [0.1, 0.15) is 43.8 Å². The van der Waals surface area contributed by atoms with Crippen LogP contribution in [0, 0.1) is 5.92 Å². The van der Waals surface area contributed by atoms with Gasteiger partial charge in [0.25, 0.3) is 0 Å². The van der Waals surface area contributed by atoms with E-state index < -0.39 is 0 Å². The maximum atomic E-state index is 6.18. The van der Waals surface area contributed by atoms with Crippen LogP contribution in [0.25, 0.3) is 0 Å². The summed E-state index contributed by atoms with van der Waals surface area (Å²) in [5, 5.41) is 0.747. The minimum Gasteiger partial charge on any atom is -0.372 e. The standard InChI is InChI=1S/C15H22ClNO/c16-14-9-5-4-8-13(14)15(10-17)18-11-12-6-2-1-3-7-12/h4-5,8-9,12,15H,1-3,6-7,10-11,17H2. The highest BCUT2D eigenvalue weighted by Gasteiger charge is 2.18. The lowest BCUT2D eigenvalue weighted by atomic mass is 9.90. The number of nitrogens with two attached hydrogens (primary N) is 1. The number of halogens is 1. The van der Waals surface area contributed by atoms with Gasteiger partial charge in [0.15, 0.2) is 0 Å². The zero-order chi connectivity index (χ0) is 12.8. The van der Waals surface area contributed by atoms with Crippen LogP contribution >= 0.6 is 11.6 Å². The summed E-state index contributed by atoms with van der Waals surface area (Å²) >= 11 is 6.18. The molecule has 2 N–H and O–H groups in total. The van der Waals surface area contributed by atoms with Gasteiger partial charge < -0.3 is 10.5 Å². The predicted octanol–water partition coefficient (Wildman–Crippen LogP) is 3.94. The summed E-state index contributed by atoms with van der Waals surface area (Å²) in [6.45, 7) is 1.30. The molecule has 0 saturated heterocycles. The fourth-order valence-corrected chi connectivity index (χ4v) is 2.88. The Hall–Kier alpha value is -0.570. The second-order valence-electron chi connectivity index (χ2n) is 5.08. The van der Waals surface area contributed by atoms with Crippen LogP contribution < -0.4 is 5.73 Å². The molecular formula is C15H22ClNO. The van der Waals surface area contributed by atoms with Crippen LogP contribution in [-0.2, 0) is 4.74 Å². The van der Waals surface area contributed by atoms with Crippen LogP contribution in [0.5, 0.6) is 0 Å². The molecule has 0 radical (unpaired) electrons. The molecule has 3 heteroatoms. The largest absolute Gasteiger partial charge is 0.372 e. The van der Waals surface area contributed by atoms with Crippen molar-refractivity contribution in [1.29, 1.82) is 0 Å². The molecule has 1 saturated carbocycles. The summed E-state index contributed by atoms with van der Waals surface area (Å²) in [6.07, 6.45) is 6.57. The van der Waals surface area contributed by atoms with Crippen molar-refractivity contribution in [3.63, 3.8) is 0 Å². The molecule has 1 aromatic rings. The predicted molar refractivity (Wildman–Crippen MR) is 75.8 cm³/mol. The fraction of sp³-hybridized carbons (Fsp3) is 0.600. The molecule has 1 unspecified atom stereocenters. The minimum absolute atomic E-state index is 0.0689. The number of ether oxygens (including phenoxy) is 1. The van der Waals surface area contributed by atoms with E-state index in [2.05, 4.69) is 0 Å². The second kappa shape index (κ2) is 7.13. The monoisotopic (exact) mass is 267 g/mol. The number of hydrogen-bond donors (Lipinski definition) is 1. The summed E-state index contributed by atoms with van der Waals surface area (Å²) in [4.78, 5) is 0. The smallest absolute Gasteiger partial charge is 0.0961 e. The van der Waals surface area contributed by atoms with Crippen molar-refractivity contribution >= 4 is 11.6 Å². The molecule has 0 spiro atoms. The molecule has 0 amide bonds. The third kappa shape index (κ3) is 3.71. The molecule has 1 atom stereocenters. The van der Waals surface area contributed by atoms with Gasteiger partial charge in [-0.05, 0) is 24.8 Å². The van der Waals surface area contributed by atoms with Crippen LogP contribution in [0.4, 0.5) is 0 Å². The molecule has 18 heavy (non-hydrogen) atoms. The Morgan fingerprint density at radius 1 is 1.22 bits per heavy atom. The van der Waals surface area contributed by atoms with Gasteiger partial charge in [0.05, 0.1) is 12.7 Å². The quantitative estimate of drug-likeness (QED) is 0.877. The molecule has 1 aliphatic carbocycles. The maximum absolute atomic E-state index is 6.18.